The third kappa shape index (κ3) is 3.95. The van der Waals surface area contributed by atoms with Gasteiger partial charge in [-0.2, -0.15) is 5.10 Å². The van der Waals surface area contributed by atoms with Crippen LogP contribution in [0.5, 0.6) is 0 Å². The van der Waals surface area contributed by atoms with E-state index in [1.54, 1.807) is 29.3 Å². The van der Waals surface area contributed by atoms with Crippen molar-refractivity contribution in [3.63, 3.8) is 0 Å². The number of nitrogens with zero attached hydrogens (tertiary/aromatic N) is 3. The quantitative estimate of drug-likeness (QED) is 0.709. The molecule has 0 saturated carbocycles. The van der Waals surface area contributed by atoms with Crippen LogP contribution in [0.1, 0.15) is 73.1 Å². The highest BCUT2D eigenvalue weighted by atomic mass is 19.1. The van der Waals surface area contributed by atoms with Gasteiger partial charge in [0.2, 0.25) is 5.89 Å². The van der Waals surface area contributed by atoms with Crippen molar-refractivity contribution in [3.8, 4) is 0 Å². The van der Waals surface area contributed by atoms with E-state index in [4.69, 9.17) is 4.42 Å². The van der Waals surface area contributed by atoms with E-state index in [2.05, 4.69) is 36.0 Å². The normalized spacial score (nSPS) is 17.1. The number of H-pyrrole nitrogens is 1. The number of carbonyl (C=O) groups is 1. The Morgan fingerprint density at radius 1 is 1.34 bits per heavy atom. The van der Waals surface area contributed by atoms with Crippen molar-refractivity contribution in [2.75, 3.05) is 6.54 Å². The fraction of sp³-hybridized carbons (Fsp3) is 0.409. The number of amides is 1. The van der Waals surface area contributed by atoms with Gasteiger partial charge in [-0.15, -0.1) is 0 Å². The summed E-state index contributed by atoms with van der Waals surface area (Å²) in [6.07, 6.45) is 3.60. The number of hydrogen-bond donors (Lipinski definition) is 1. The standard InChI is InChI=1S/C22H25FN4O2/c1-22(2,3)19-12-17(25-26-19)21(28)27-10-6-9-18(27)20-24-13-15(29-20)11-14-7-4-5-8-16(14)23/h4-5,7-8,12-13,18H,6,9-11H2,1-3H3,(H,25,26). The summed E-state index contributed by atoms with van der Waals surface area (Å²) >= 11 is 0. The van der Waals surface area contributed by atoms with E-state index in [1.165, 1.54) is 6.07 Å². The van der Waals surface area contributed by atoms with Crippen LogP contribution in [0.4, 0.5) is 4.39 Å². The van der Waals surface area contributed by atoms with E-state index in [9.17, 15) is 9.18 Å². The van der Waals surface area contributed by atoms with Crippen molar-refractivity contribution in [3.05, 3.63) is 70.9 Å². The summed E-state index contributed by atoms with van der Waals surface area (Å²) in [6.45, 7) is 6.83. The number of carbonyl (C=O) groups excluding carboxylic acids is 1. The van der Waals surface area contributed by atoms with E-state index >= 15 is 0 Å². The number of aromatic amines is 1. The molecule has 3 aromatic rings. The molecule has 29 heavy (non-hydrogen) atoms. The zero-order valence-corrected chi connectivity index (χ0v) is 16.9. The Balaban J connectivity index is 1.51. The minimum Gasteiger partial charge on any atom is -0.443 e. The van der Waals surface area contributed by atoms with Crippen molar-refractivity contribution in [1.82, 2.24) is 20.1 Å². The second-order valence-corrected chi connectivity index (χ2v) is 8.51. The van der Waals surface area contributed by atoms with Crippen LogP contribution in [0.3, 0.4) is 0 Å². The van der Waals surface area contributed by atoms with Crippen LogP contribution in [0.15, 0.2) is 40.9 Å². The highest BCUT2D eigenvalue weighted by molar-refractivity contribution is 5.92. The number of likely N-dealkylation sites (tertiary alicyclic amines) is 1. The van der Waals surface area contributed by atoms with E-state index < -0.39 is 0 Å². The van der Waals surface area contributed by atoms with Crippen molar-refractivity contribution < 1.29 is 13.6 Å². The highest BCUT2D eigenvalue weighted by Gasteiger charge is 2.35. The zero-order chi connectivity index (χ0) is 20.6. The molecule has 6 nitrogen and oxygen atoms in total. The first kappa shape index (κ1) is 19.4. The van der Waals surface area contributed by atoms with Gasteiger partial charge in [0, 0.05) is 24.1 Å². The van der Waals surface area contributed by atoms with E-state index in [0.29, 0.717) is 35.9 Å². The fourth-order valence-corrected chi connectivity index (χ4v) is 3.62. The van der Waals surface area contributed by atoms with E-state index in [1.807, 2.05) is 6.07 Å². The van der Waals surface area contributed by atoms with Crippen LogP contribution in [0, 0.1) is 5.82 Å². The molecule has 152 valence electrons. The Morgan fingerprint density at radius 3 is 2.86 bits per heavy atom. The Kier molecular flexibility index (Phi) is 4.98. The molecule has 3 heterocycles. The first-order valence-electron chi connectivity index (χ1n) is 9.88. The third-order valence-corrected chi connectivity index (χ3v) is 5.30. The highest BCUT2D eigenvalue weighted by Crippen LogP contribution is 2.33. The predicted octanol–water partition coefficient (Wildman–Crippen LogP) is 4.40. The van der Waals surface area contributed by atoms with Crippen LogP contribution in [-0.2, 0) is 11.8 Å². The van der Waals surface area contributed by atoms with Gasteiger partial charge < -0.3 is 9.32 Å². The molecule has 1 fully saturated rings. The SMILES string of the molecule is CC(C)(C)c1cc(C(=O)N2CCCC2c2ncc(Cc3ccccc3F)o2)n[nH]1. The summed E-state index contributed by atoms with van der Waals surface area (Å²) in [5, 5.41) is 7.19. The lowest BCUT2D eigenvalue weighted by Gasteiger charge is -2.21. The number of oxazole rings is 1. The van der Waals surface area contributed by atoms with Gasteiger partial charge in [-0.1, -0.05) is 39.0 Å². The molecule has 7 heteroatoms. The molecule has 0 bridgehead atoms. The lowest BCUT2D eigenvalue weighted by atomic mass is 9.92. The number of rotatable bonds is 4. The average Bonchev–Trinajstić information content (AvgIpc) is 3.42. The molecule has 2 aromatic heterocycles. The molecule has 1 atom stereocenters. The van der Waals surface area contributed by atoms with Gasteiger partial charge in [0.05, 0.1) is 6.20 Å². The van der Waals surface area contributed by atoms with Crippen LogP contribution in [0.2, 0.25) is 0 Å². The summed E-state index contributed by atoms with van der Waals surface area (Å²) in [5.74, 6) is 0.678. The van der Waals surface area contributed by atoms with Gasteiger partial charge in [0.25, 0.3) is 5.91 Å². The van der Waals surface area contributed by atoms with Crippen LogP contribution >= 0.6 is 0 Å². The molecular formula is C22H25FN4O2. The van der Waals surface area contributed by atoms with Gasteiger partial charge in [-0.05, 0) is 30.5 Å². The maximum Gasteiger partial charge on any atom is 0.275 e. The van der Waals surface area contributed by atoms with Gasteiger partial charge in [-0.3, -0.25) is 9.89 Å². The zero-order valence-electron chi connectivity index (χ0n) is 16.9. The van der Waals surface area contributed by atoms with Crippen LogP contribution in [-0.4, -0.2) is 32.5 Å². The molecule has 0 spiro atoms. The summed E-state index contributed by atoms with van der Waals surface area (Å²) in [5.41, 5.74) is 1.76. The molecule has 1 aliphatic heterocycles. The molecular weight excluding hydrogens is 371 g/mol. The molecule has 0 radical (unpaired) electrons. The molecule has 1 unspecified atom stereocenters. The van der Waals surface area contributed by atoms with Crippen molar-refractivity contribution in [2.24, 2.45) is 0 Å². The molecule has 1 aromatic carbocycles. The van der Waals surface area contributed by atoms with Crippen LogP contribution in [0.25, 0.3) is 0 Å². The molecule has 1 saturated heterocycles. The minimum absolute atomic E-state index is 0.111. The summed E-state index contributed by atoms with van der Waals surface area (Å²) in [4.78, 5) is 19.2. The van der Waals surface area contributed by atoms with Gasteiger partial charge in [0.15, 0.2) is 0 Å². The molecule has 4 rings (SSSR count). The van der Waals surface area contributed by atoms with E-state index in [-0.39, 0.29) is 23.2 Å². The molecule has 1 aliphatic rings. The van der Waals surface area contributed by atoms with E-state index in [0.717, 1.165) is 18.5 Å². The number of hydrogen-bond acceptors (Lipinski definition) is 4. The molecule has 1 amide bonds. The second-order valence-electron chi connectivity index (χ2n) is 8.51. The van der Waals surface area contributed by atoms with Crippen LogP contribution < -0.4 is 0 Å². The first-order valence-corrected chi connectivity index (χ1v) is 9.88. The lowest BCUT2D eigenvalue weighted by molar-refractivity contribution is 0.0708. The molecule has 0 aliphatic carbocycles. The van der Waals surface area contributed by atoms with Crippen molar-refractivity contribution in [2.45, 2.75) is 51.5 Å². The average molecular weight is 396 g/mol. The maximum atomic E-state index is 13.9. The Morgan fingerprint density at radius 2 is 2.14 bits per heavy atom. The number of benzene rings is 1. The smallest absolute Gasteiger partial charge is 0.275 e. The summed E-state index contributed by atoms with van der Waals surface area (Å²) in [7, 11) is 0. The molecule has 1 N–H and O–H groups in total. The largest absolute Gasteiger partial charge is 0.443 e. The topological polar surface area (TPSA) is 75.0 Å². The lowest BCUT2D eigenvalue weighted by Crippen LogP contribution is -2.31. The van der Waals surface area contributed by atoms with Gasteiger partial charge in [-0.25, -0.2) is 9.37 Å². The summed E-state index contributed by atoms with van der Waals surface area (Å²) in [6, 6.07) is 8.20. The van der Waals surface area contributed by atoms with Crippen molar-refractivity contribution >= 4 is 5.91 Å². The second kappa shape index (κ2) is 7.46. The summed E-state index contributed by atoms with van der Waals surface area (Å²) < 4.78 is 19.8. The maximum absolute atomic E-state index is 13.9. The number of aromatic nitrogens is 3. The Hall–Kier alpha value is -2.96. The number of halogens is 1. The van der Waals surface area contributed by atoms with Crippen molar-refractivity contribution in [1.29, 1.82) is 0 Å². The number of nitrogens with one attached hydrogen (secondary N) is 1. The first-order chi connectivity index (χ1) is 13.8. The Labute approximate surface area is 169 Å². The fourth-order valence-electron chi connectivity index (χ4n) is 3.62. The Bertz CT molecular complexity index is 1020. The predicted molar refractivity (Wildman–Crippen MR) is 106 cm³/mol. The third-order valence-electron chi connectivity index (χ3n) is 5.30. The monoisotopic (exact) mass is 396 g/mol. The minimum atomic E-state index is -0.267. The van der Waals surface area contributed by atoms with Gasteiger partial charge >= 0.3 is 0 Å². The van der Waals surface area contributed by atoms with Gasteiger partial charge in [0.1, 0.15) is 23.3 Å².